The number of piperazine rings is 1. The molecular weight excluding hydrogens is 351 g/mol. The minimum atomic E-state index is 0.330. The average Bonchev–Trinajstić information content (AvgIpc) is 3.06. The van der Waals surface area contributed by atoms with Crippen molar-refractivity contribution in [3.05, 3.63) is 40.0 Å². The first-order valence-electron chi connectivity index (χ1n) is 7.66. The van der Waals surface area contributed by atoms with Crippen LogP contribution in [0.2, 0.25) is 10.0 Å². The molecule has 1 aromatic carbocycles. The number of aromatic nitrogens is 1. The van der Waals surface area contributed by atoms with Gasteiger partial charge in [0.2, 0.25) is 0 Å². The fraction of sp³-hybridized carbons (Fsp3) is 0.438. The lowest BCUT2D eigenvalue weighted by Gasteiger charge is -2.38. The Balaban J connectivity index is 1.62. The Hall–Kier alpha value is -1.01. The van der Waals surface area contributed by atoms with Crippen molar-refractivity contribution >= 4 is 44.7 Å². The summed E-state index contributed by atoms with van der Waals surface area (Å²) in [5.74, 6) is 0. The second-order valence-electron chi connectivity index (χ2n) is 5.63. The van der Waals surface area contributed by atoms with Gasteiger partial charge in [0.05, 0.1) is 16.2 Å². The van der Waals surface area contributed by atoms with Crippen molar-refractivity contribution in [2.45, 2.75) is 13.0 Å². The van der Waals surface area contributed by atoms with Crippen LogP contribution in [0.3, 0.4) is 0 Å². The minimum Gasteiger partial charge on any atom is -0.379 e. The summed E-state index contributed by atoms with van der Waals surface area (Å²) in [6, 6.07) is 6.24. The molecule has 2 aromatic rings. The van der Waals surface area contributed by atoms with Crippen molar-refractivity contribution < 1.29 is 0 Å². The maximum atomic E-state index is 6.14. The van der Waals surface area contributed by atoms with Gasteiger partial charge in [0.25, 0.3) is 0 Å². The Morgan fingerprint density at radius 2 is 1.91 bits per heavy atom. The predicted molar refractivity (Wildman–Crippen MR) is 100 cm³/mol. The summed E-state index contributed by atoms with van der Waals surface area (Å²) in [6.07, 6.45) is 1.89. The van der Waals surface area contributed by atoms with E-state index in [1.54, 1.807) is 11.3 Å². The van der Waals surface area contributed by atoms with Crippen molar-refractivity contribution in [1.82, 2.24) is 9.88 Å². The van der Waals surface area contributed by atoms with Gasteiger partial charge in [0, 0.05) is 39.3 Å². The van der Waals surface area contributed by atoms with E-state index < -0.39 is 0 Å². The van der Waals surface area contributed by atoms with Crippen LogP contribution in [0, 0.1) is 0 Å². The van der Waals surface area contributed by atoms with Gasteiger partial charge in [-0.05, 0) is 24.6 Å². The highest BCUT2D eigenvalue weighted by Crippen LogP contribution is 2.31. The van der Waals surface area contributed by atoms with Crippen LogP contribution in [0.1, 0.15) is 18.5 Å². The fourth-order valence-corrected chi connectivity index (χ4v) is 3.94. The summed E-state index contributed by atoms with van der Waals surface area (Å²) in [5.41, 5.74) is 1.21. The Bertz CT molecular complexity index is 668. The third kappa shape index (κ3) is 3.74. The maximum absolute atomic E-state index is 6.14. The van der Waals surface area contributed by atoms with Gasteiger partial charge in [-0.25, -0.2) is 4.98 Å². The maximum Gasteiger partial charge on any atom is 0.187 e. The summed E-state index contributed by atoms with van der Waals surface area (Å²) >= 11 is 13.9. The van der Waals surface area contributed by atoms with Crippen LogP contribution in [0.25, 0.3) is 0 Å². The van der Waals surface area contributed by atoms with Gasteiger partial charge in [-0.15, -0.1) is 0 Å². The molecule has 0 amide bonds. The molecule has 1 unspecified atom stereocenters. The molecule has 0 aliphatic carbocycles. The third-order valence-corrected chi connectivity index (χ3v) is 6.11. The van der Waals surface area contributed by atoms with Crippen LogP contribution in [-0.2, 0) is 0 Å². The number of nitrogens with one attached hydrogen (secondary N) is 1. The number of benzene rings is 1. The molecule has 0 spiro atoms. The largest absolute Gasteiger partial charge is 0.379 e. The molecule has 3 rings (SSSR count). The molecule has 1 saturated heterocycles. The standard InChI is InChI=1S/C16H20Cl2N4S/c1-11(12-3-4-13(17)14(18)9-12)21-5-7-22(8-6-21)16-20-10-15(19-2)23-16/h3-4,9-11,19H,5-8H2,1-2H3. The van der Waals surface area contributed by atoms with Crippen LogP contribution in [-0.4, -0.2) is 43.1 Å². The monoisotopic (exact) mass is 370 g/mol. The van der Waals surface area contributed by atoms with Crippen LogP contribution in [0.5, 0.6) is 0 Å². The number of halogens is 2. The minimum absolute atomic E-state index is 0.330. The van der Waals surface area contributed by atoms with E-state index in [-0.39, 0.29) is 0 Å². The van der Waals surface area contributed by atoms with Crippen molar-refractivity contribution in [3.8, 4) is 0 Å². The SMILES string of the molecule is CNc1cnc(N2CCN(C(C)c3ccc(Cl)c(Cl)c3)CC2)s1. The molecule has 1 N–H and O–H groups in total. The number of anilines is 2. The van der Waals surface area contributed by atoms with E-state index in [2.05, 4.69) is 33.1 Å². The van der Waals surface area contributed by atoms with Crippen molar-refractivity contribution in [1.29, 1.82) is 0 Å². The molecule has 1 aliphatic rings. The molecule has 4 nitrogen and oxygen atoms in total. The topological polar surface area (TPSA) is 31.4 Å². The highest BCUT2D eigenvalue weighted by atomic mass is 35.5. The fourth-order valence-electron chi connectivity index (χ4n) is 2.81. The summed E-state index contributed by atoms with van der Waals surface area (Å²) in [6.45, 7) is 6.22. The van der Waals surface area contributed by atoms with E-state index in [1.165, 1.54) is 5.56 Å². The summed E-state index contributed by atoms with van der Waals surface area (Å²) < 4.78 is 0. The van der Waals surface area contributed by atoms with Gasteiger partial charge < -0.3 is 10.2 Å². The second kappa shape index (κ2) is 7.26. The van der Waals surface area contributed by atoms with E-state index in [0.717, 1.165) is 36.3 Å². The Labute approximate surface area is 151 Å². The zero-order chi connectivity index (χ0) is 16.4. The number of hydrogen-bond acceptors (Lipinski definition) is 5. The lowest BCUT2D eigenvalue weighted by Crippen LogP contribution is -2.47. The Morgan fingerprint density at radius 3 is 2.52 bits per heavy atom. The molecule has 0 radical (unpaired) electrons. The quantitative estimate of drug-likeness (QED) is 0.865. The third-order valence-electron chi connectivity index (χ3n) is 4.30. The number of nitrogens with zero attached hydrogens (tertiary/aromatic N) is 3. The van der Waals surface area contributed by atoms with Crippen molar-refractivity contribution in [3.63, 3.8) is 0 Å². The van der Waals surface area contributed by atoms with E-state index >= 15 is 0 Å². The van der Waals surface area contributed by atoms with Gasteiger partial charge in [-0.2, -0.15) is 0 Å². The van der Waals surface area contributed by atoms with E-state index in [9.17, 15) is 0 Å². The van der Waals surface area contributed by atoms with Gasteiger partial charge >= 0.3 is 0 Å². The van der Waals surface area contributed by atoms with E-state index in [4.69, 9.17) is 23.2 Å². The lowest BCUT2D eigenvalue weighted by atomic mass is 10.1. The first-order chi connectivity index (χ1) is 11.1. The van der Waals surface area contributed by atoms with Crippen molar-refractivity contribution in [2.75, 3.05) is 43.4 Å². The molecule has 0 saturated carbocycles. The predicted octanol–water partition coefficient (Wildman–Crippen LogP) is 4.37. The first-order valence-corrected chi connectivity index (χ1v) is 9.23. The first kappa shape index (κ1) is 16.8. The Morgan fingerprint density at radius 1 is 1.17 bits per heavy atom. The molecular formula is C16H20Cl2N4S. The van der Waals surface area contributed by atoms with Crippen LogP contribution in [0.4, 0.5) is 10.1 Å². The van der Waals surface area contributed by atoms with Crippen molar-refractivity contribution in [2.24, 2.45) is 0 Å². The second-order valence-corrected chi connectivity index (χ2v) is 7.45. The van der Waals surface area contributed by atoms with Gasteiger partial charge in [-0.3, -0.25) is 4.90 Å². The van der Waals surface area contributed by atoms with Crippen LogP contribution < -0.4 is 10.2 Å². The molecule has 23 heavy (non-hydrogen) atoms. The van der Waals surface area contributed by atoms with Gasteiger partial charge in [0.1, 0.15) is 5.00 Å². The zero-order valence-electron chi connectivity index (χ0n) is 13.2. The van der Waals surface area contributed by atoms with Gasteiger partial charge in [-0.1, -0.05) is 40.6 Å². The molecule has 0 bridgehead atoms. The molecule has 1 aromatic heterocycles. The summed E-state index contributed by atoms with van der Waals surface area (Å²) in [5, 5.41) is 6.57. The molecule has 1 fully saturated rings. The van der Waals surface area contributed by atoms with Gasteiger partial charge in [0.15, 0.2) is 5.13 Å². The normalized spacial score (nSPS) is 17.3. The average molecular weight is 371 g/mol. The van der Waals surface area contributed by atoms with Crippen LogP contribution >= 0.6 is 34.5 Å². The highest BCUT2D eigenvalue weighted by molar-refractivity contribution is 7.19. The molecule has 7 heteroatoms. The number of hydrogen-bond donors (Lipinski definition) is 1. The molecule has 1 atom stereocenters. The number of rotatable bonds is 4. The van der Waals surface area contributed by atoms with E-state index in [0.29, 0.717) is 16.1 Å². The highest BCUT2D eigenvalue weighted by Gasteiger charge is 2.23. The summed E-state index contributed by atoms with van der Waals surface area (Å²) in [7, 11) is 1.92. The molecule has 124 valence electrons. The van der Waals surface area contributed by atoms with E-state index in [1.807, 2.05) is 25.4 Å². The molecule has 2 heterocycles. The molecule has 1 aliphatic heterocycles. The Kier molecular flexibility index (Phi) is 5.31. The lowest BCUT2D eigenvalue weighted by molar-refractivity contribution is 0.198. The smallest absolute Gasteiger partial charge is 0.187 e. The summed E-state index contributed by atoms with van der Waals surface area (Å²) in [4.78, 5) is 9.32. The number of thiazole rings is 1. The zero-order valence-corrected chi connectivity index (χ0v) is 15.5. The van der Waals surface area contributed by atoms with Crippen LogP contribution in [0.15, 0.2) is 24.4 Å².